The fourth-order valence-corrected chi connectivity index (χ4v) is 4.96. The molecule has 1 aliphatic carbocycles. The third-order valence-corrected chi connectivity index (χ3v) is 6.20. The van der Waals surface area contributed by atoms with Crippen molar-refractivity contribution in [1.82, 2.24) is 0 Å². The van der Waals surface area contributed by atoms with Gasteiger partial charge in [-0.05, 0) is 30.0 Å². The van der Waals surface area contributed by atoms with Crippen molar-refractivity contribution in [3.05, 3.63) is 24.0 Å². The Hall–Kier alpha value is -1.90. The van der Waals surface area contributed by atoms with E-state index in [2.05, 4.69) is 4.90 Å². The third-order valence-electron chi connectivity index (χ3n) is 6.20. The number of anilines is 2. The Kier molecular flexibility index (Phi) is 4.03. The quantitative estimate of drug-likeness (QED) is 0.864. The van der Waals surface area contributed by atoms with Crippen LogP contribution in [0.5, 0.6) is 0 Å². The maximum Gasteiger partial charge on any atom is 0.414 e. The van der Waals surface area contributed by atoms with Crippen molar-refractivity contribution < 1.29 is 28.5 Å². The minimum atomic E-state index is -0.564. The number of amides is 1. The molecule has 1 N–H and O–H groups in total. The molecule has 3 aliphatic heterocycles. The van der Waals surface area contributed by atoms with E-state index in [1.165, 1.54) is 11.0 Å². The highest BCUT2D eigenvalue weighted by Gasteiger charge is 2.52. The standard InChI is InChI=1S/C19H23FN2O5/c20-16-5-14(22-10-15(11-23)27-18(22)24)1-2-17(16)21-8-12-6-19(7-13(12)9-21)25-3-4-26-19/h1-2,5,12-13,15,23H,3-4,6-11H2/t12?,13?,15-/m1/s1. The van der Waals surface area contributed by atoms with Gasteiger partial charge in [-0.25, -0.2) is 9.18 Å². The Bertz CT molecular complexity index is 738. The van der Waals surface area contributed by atoms with E-state index < -0.39 is 18.0 Å². The van der Waals surface area contributed by atoms with Crippen LogP contribution in [0.1, 0.15) is 12.8 Å². The van der Waals surface area contributed by atoms with Crippen LogP contribution in [0.4, 0.5) is 20.6 Å². The Balaban J connectivity index is 1.29. The molecule has 3 heterocycles. The van der Waals surface area contributed by atoms with Crippen molar-refractivity contribution in [3.8, 4) is 0 Å². The number of carbonyl (C=O) groups is 1. The lowest BCUT2D eigenvalue weighted by molar-refractivity contribution is -0.154. The molecule has 1 amide bonds. The first-order valence-corrected chi connectivity index (χ1v) is 9.48. The summed E-state index contributed by atoms with van der Waals surface area (Å²) in [6.45, 7) is 2.88. The van der Waals surface area contributed by atoms with Gasteiger partial charge in [0, 0.05) is 25.9 Å². The number of hydrogen-bond acceptors (Lipinski definition) is 6. The lowest BCUT2D eigenvalue weighted by Crippen LogP contribution is -2.31. The molecule has 1 saturated carbocycles. The van der Waals surface area contributed by atoms with Gasteiger partial charge in [0.05, 0.1) is 37.7 Å². The topological polar surface area (TPSA) is 71.5 Å². The van der Waals surface area contributed by atoms with Gasteiger partial charge in [0.25, 0.3) is 0 Å². The molecule has 146 valence electrons. The SMILES string of the molecule is O=C1O[C@@H](CO)CN1c1ccc(N2CC3CC4(CC3C2)OCCO4)c(F)c1. The first-order valence-electron chi connectivity index (χ1n) is 9.48. The number of cyclic esters (lactones) is 1. The van der Waals surface area contributed by atoms with Gasteiger partial charge in [-0.15, -0.1) is 0 Å². The van der Waals surface area contributed by atoms with E-state index in [0.29, 0.717) is 36.4 Å². The number of rotatable bonds is 3. The van der Waals surface area contributed by atoms with Gasteiger partial charge in [-0.3, -0.25) is 4.90 Å². The lowest BCUT2D eigenvalue weighted by atomic mass is 10.0. The second-order valence-electron chi connectivity index (χ2n) is 7.88. The van der Waals surface area contributed by atoms with Crippen LogP contribution in [0.25, 0.3) is 0 Å². The Morgan fingerprint density at radius 3 is 2.44 bits per heavy atom. The van der Waals surface area contributed by atoms with Crippen LogP contribution in [0.3, 0.4) is 0 Å². The van der Waals surface area contributed by atoms with Gasteiger partial charge in [-0.2, -0.15) is 0 Å². The van der Waals surface area contributed by atoms with Gasteiger partial charge in [0.15, 0.2) is 5.79 Å². The first kappa shape index (κ1) is 17.2. The molecular formula is C19H23FN2O5. The molecule has 0 bridgehead atoms. The minimum Gasteiger partial charge on any atom is -0.441 e. The summed E-state index contributed by atoms with van der Waals surface area (Å²) in [6.07, 6.45) is 0.621. The smallest absolute Gasteiger partial charge is 0.414 e. The normalized spacial score (nSPS) is 31.8. The van der Waals surface area contributed by atoms with E-state index >= 15 is 0 Å². The number of nitrogens with zero attached hydrogens (tertiary/aromatic N) is 2. The molecule has 27 heavy (non-hydrogen) atoms. The number of fused-ring (bicyclic) bond motifs is 1. The zero-order chi connectivity index (χ0) is 18.6. The van der Waals surface area contributed by atoms with Crippen LogP contribution in [0.15, 0.2) is 18.2 Å². The monoisotopic (exact) mass is 378 g/mol. The van der Waals surface area contributed by atoms with E-state index in [9.17, 15) is 9.18 Å². The maximum atomic E-state index is 14.8. The third kappa shape index (κ3) is 2.86. The summed E-state index contributed by atoms with van der Waals surface area (Å²) in [6, 6.07) is 4.83. The fourth-order valence-electron chi connectivity index (χ4n) is 4.96. The van der Waals surface area contributed by atoms with Crippen LogP contribution in [-0.2, 0) is 14.2 Å². The van der Waals surface area contributed by atoms with E-state index in [-0.39, 0.29) is 19.0 Å². The highest BCUT2D eigenvalue weighted by Crippen LogP contribution is 2.49. The highest BCUT2D eigenvalue weighted by molar-refractivity contribution is 5.90. The average Bonchev–Trinajstić information content (AvgIpc) is 3.39. The first-order chi connectivity index (χ1) is 13.1. The van der Waals surface area contributed by atoms with Crippen LogP contribution in [0.2, 0.25) is 0 Å². The minimum absolute atomic E-state index is 0.226. The molecule has 5 rings (SSSR count). The molecule has 4 aliphatic rings. The van der Waals surface area contributed by atoms with Gasteiger partial charge < -0.3 is 24.2 Å². The molecule has 0 radical (unpaired) electrons. The summed E-state index contributed by atoms with van der Waals surface area (Å²) in [5, 5.41) is 9.14. The van der Waals surface area contributed by atoms with Crippen LogP contribution < -0.4 is 9.80 Å². The second kappa shape index (κ2) is 6.32. The van der Waals surface area contributed by atoms with Crippen LogP contribution in [-0.4, -0.2) is 62.5 Å². The van der Waals surface area contributed by atoms with Crippen molar-refractivity contribution in [1.29, 1.82) is 0 Å². The summed E-state index contributed by atoms with van der Waals surface area (Å²) in [7, 11) is 0. The number of ether oxygens (including phenoxy) is 3. The van der Waals surface area contributed by atoms with Crippen molar-refractivity contribution in [2.45, 2.75) is 24.7 Å². The molecule has 3 atom stereocenters. The molecule has 2 unspecified atom stereocenters. The second-order valence-corrected chi connectivity index (χ2v) is 7.88. The predicted molar refractivity (Wildman–Crippen MR) is 94.2 cm³/mol. The fraction of sp³-hybridized carbons (Fsp3) is 0.632. The molecule has 3 saturated heterocycles. The molecule has 8 heteroatoms. The summed E-state index contributed by atoms with van der Waals surface area (Å²) >= 11 is 0. The molecule has 1 spiro atoms. The molecule has 1 aromatic carbocycles. The van der Waals surface area contributed by atoms with Crippen molar-refractivity contribution in [2.24, 2.45) is 11.8 Å². The van der Waals surface area contributed by atoms with Gasteiger partial charge in [-0.1, -0.05) is 0 Å². The number of aliphatic hydroxyl groups is 1. The van der Waals surface area contributed by atoms with E-state index in [0.717, 1.165) is 25.9 Å². The number of halogens is 1. The Morgan fingerprint density at radius 1 is 1.15 bits per heavy atom. The largest absolute Gasteiger partial charge is 0.441 e. The summed E-state index contributed by atoms with van der Waals surface area (Å²) in [4.78, 5) is 15.3. The molecular weight excluding hydrogens is 355 g/mol. The maximum absolute atomic E-state index is 14.8. The predicted octanol–water partition coefficient (Wildman–Crippen LogP) is 1.73. The number of aliphatic hydroxyl groups excluding tert-OH is 1. The van der Waals surface area contributed by atoms with Gasteiger partial charge in [0.2, 0.25) is 0 Å². The zero-order valence-corrected chi connectivity index (χ0v) is 15.0. The Labute approximate surface area is 156 Å². The van der Waals surface area contributed by atoms with Crippen LogP contribution in [0, 0.1) is 17.7 Å². The van der Waals surface area contributed by atoms with Crippen LogP contribution >= 0.6 is 0 Å². The van der Waals surface area contributed by atoms with E-state index in [1.54, 1.807) is 12.1 Å². The molecule has 1 aromatic rings. The summed E-state index contributed by atoms with van der Waals surface area (Å²) in [5.41, 5.74) is 1.00. The van der Waals surface area contributed by atoms with E-state index in [1.807, 2.05) is 0 Å². The van der Waals surface area contributed by atoms with Crippen molar-refractivity contribution >= 4 is 17.5 Å². The van der Waals surface area contributed by atoms with Crippen molar-refractivity contribution in [3.63, 3.8) is 0 Å². The number of carbonyl (C=O) groups excluding carboxylic acids is 1. The summed E-state index contributed by atoms with van der Waals surface area (Å²) < 4.78 is 31.5. The average molecular weight is 378 g/mol. The number of hydrogen-bond donors (Lipinski definition) is 1. The highest BCUT2D eigenvalue weighted by atomic mass is 19.1. The zero-order valence-electron chi connectivity index (χ0n) is 15.0. The molecule has 4 fully saturated rings. The molecule has 0 aromatic heterocycles. The van der Waals surface area contributed by atoms with Gasteiger partial charge in [0.1, 0.15) is 11.9 Å². The summed E-state index contributed by atoms with van der Waals surface area (Å²) in [5.74, 6) is 0.140. The Morgan fingerprint density at radius 2 is 1.85 bits per heavy atom. The van der Waals surface area contributed by atoms with Crippen molar-refractivity contribution in [2.75, 3.05) is 49.3 Å². The van der Waals surface area contributed by atoms with E-state index in [4.69, 9.17) is 19.3 Å². The van der Waals surface area contributed by atoms with Gasteiger partial charge >= 0.3 is 6.09 Å². The lowest BCUT2D eigenvalue weighted by Gasteiger charge is -2.26. The molecule has 7 nitrogen and oxygen atoms in total. The number of benzene rings is 1.